The molecule has 18 heavy (non-hydrogen) atoms. The molecule has 2 aromatic carbocycles. The Hall–Kier alpha value is -1.18. The van der Waals surface area contributed by atoms with Gasteiger partial charge in [0.25, 0.3) is 0 Å². The molecular weight excluding hydrogens is 265 g/mol. The zero-order valence-corrected chi connectivity index (χ0v) is 11.9. The van der Waals surface area contributed by atoms with E-state index in [1.807, 2.05) is 12.1 Å². The van der Waals surface area contributed by atoms with Crippen LogP contribution in [-0.2, 0) is 6.54 Å². The summed E-state index contributed by atoms with van der Waals surface area (Å²) in [7, 11) is 0. The minimum absolute atomic E-state index is 0.594. The molecule has 3 heteroatoms. The van der Waals surface area contributed by atoms with Crippen LogP contribution < -0.4 is 5.32 Å². The van der Waals surface area contributed by atoms with Crippen molar-refractivity contribution < 1.29 is 0 Å². The van der Waals surface area contributed by atoms with Crippen LogP contribution in [0.2, 0.25) is 10.0 Å². The van der Waals surface area contributed by atoms with E-state index in [0.717, 1.165) is 11.3 Å². The van der Waals surface area contributed by atoms with E-state index in [1.165, 1.54) is 11.1 Å². The quantitative estimate of drug-likeness (QED) is 0.812. The summed E-state index contributed by atoms with van der Waals surface area (Å²) in [6.45, 7) is 4.88. The van der Waals surface area contributed by atoms with Crippen LogP contribution in [0.1, 0.15) is 16.7 Å². The Kier molecular flexibility index (Phi) is 4.15. The van der Waals surface area contributed by atoms with Crippen LogP contribution in [0.25, 0.3) is 0 Å². The molecule has 0 fully saturated rings. The first-order chi connectivity index (χ1) is 8.58. The van der Waals surface area contributed by atoms with E-state index in [9.17, 15) is 0 Å². The summed E-state index contributed by atoms with van der Waals surface area (Å²) < 4.78 is 0. The number of hydrogen-bond donors (Lipinski definition) is 1. The molecule has 0 aliphatic rings. The topological polar surface area (TPSA) is 12.0 Å². The molecule has 2 aromatic rings. The summed E-state index contributed by atoms with van der Waals surface area (Å²) in [6.07, 6.45) is 0. The zero-order valence-electron chi connectivity index (χ0n) is 10.4. The molecule has 0 atom stereocenters. The van der Waals surface area contributed by atoms with Crippen molar-refractivity contribution in [1.82, 2.24) is 0 Å². The van der Waals surface area contributed by atoms with Gasteiger partial charge >= 0.3 is 0 Å². The maximum atomic E-state index is 6.14. The lowest BCUT2D eigenvalue weighted by atomic mass is 10.1. The Morgan fingerprint density at radius 1 is 1.00 bits per heavy atom. The smallest absolute Gasteiger partial charge is 0.0642 e. The summed E-state index contributed by atoms with van der Waals surface area (Å²) in [5, 5.41) is 4.57. The van der Waals surface area contributed by atoms with Crippen LogP contribution >= 0.6 is 23.2 Å². The Balaban J connectivity index is 2.11. The highest BCUT2D eigenvalue weighted by Gasteiger charge is 2.04. The van der Waals surface area contributed by atoms with Crippen molar-refractivity contribution in [2.45, 2.75) is 20.4 Å². The SMILES string of the molecule is Cc1ccc(NCc2cccc(Cl)c2Cl)cc1C. The molecule has 0 aromatic heterocycles. The van der Waals surface area contributed by atoms with Crippen LogP contribution in [0.5, 0.6) is 0 Å². The average Bonchev–Trinajstić information content (AvgIpc) is 2.35. The third-order valence-corrected chi connectivity index (χ3v) is 3.88. The summed E-state index contributed by atoms with van der Waals surface area (Å²) in [6, 6.07) is 12.0. The predicted molar refractivity (Wildman–Crippen MR) is 79.7 cm³/mol. The predicted octanol–water partition coefficient (Wildman–Crippen LogP) is 5.22. The molecule has 0 spiro atoms. The van der Waals surface area contributed by atoms with Crippen molar-refractivity contribution >= 4 is 28.9 Å². The number of aryl methyl sites for hydroxylation is 2. The van der Waals surface area contributed by atoms with Gasteiger partial charge in [0.1, 0.15) is 0 Å². The Labute approximate surface area is 118 Å². The van der Waals surface area contributed by atoms with Gasteiger partial charge in [0.2, 0.25) is 0 Å². The highest BCUT2D eigenvalue weighted by molar-refractivity contribution is 6.42. The Morgan fingerprint density at radius 2 is 1.78 bits per heavy atom. The molecule has 0 aliphatic heterocycles. The third-order valence-electron chi connectivity index (χ3n) is 3.02. The van der Waals surface area contributed by atoms with E-state index in [-0.39, 0.29) is 0 Å². The third kappa shape index (κ3) is 2.98. The lowest BCUT2D eigenvalue weighted by Crippen LogP contribution is -2.00. The van der Waals surface area contributed by atoms with Gasteiger partial charge in [0.05, 0.1) is 10.0 Å². The van der Waals surface area contributed by atoms with Crippen molar-refractivity contribution in [2.24, 2.45) is 0 Å². The van der Waals surface area contributed by atoms with Gasteiger partial charge in [-0.05, 0) is 48.7 Å². The molecule has 94 valence electrons. The van der Waals surface area contributed by atoms with Gasteiger partial charge in [0, 0.05) is 12.2 Å². The first kappa shape index (κ1) is 13.3. The van der Waals surface area contributed by atoms with E-state index in [2.05, 4.69) is 37.4 Å². The number of anilines is 1. The van der Waals surface area contributed by atoms with E-state index < -0.39 is 0 Å². The molecule has 1 nitrogen and oxygen atoms in total. The van der Waals surface area contributed by atoms with E-state index in [0.29, 0.717) is 16.6 Å². The average molecular weight is 280 g/mol. The second-order valence-electron chi connectivity index (χ2n) is 4.37. The normalized spacial score (nSPS) is 10.4. The number of halogens is 2. The standard InChI is InChI=1S/C15H15Cl2N/c1-10-6-7-13(8-11(10)2)18-9-12-4-3-5-14(16)15(12)17/h3-8,18H,9H2,1-2H3. The maximum Gasteiger partial charge on any atom is 0.0642 e. The molecule has 2 rings (SSSR count). The van der Waals surface area contributed by atoms with Gasteiger partial charge in [-0.3, -0.25) is 0 Å². The largest absolute Gasteiger partial charge is 0.381 e. The number of nitrogens with one attached hydrogen (secondary N) is 1. The summed E-state index contributed by atoms with van der Waals surface area (Å²) in [5.41, 5.74) is 4.66. The van der Waals surface area contributed by atoms with Gasteiger partial charge < -0.3 is 5.32 Å². The van der Waals surface area contributed by atoms with Crippen LogP contribution in [0.15, 0.2) is 36.4 Å². The molecule has 0 saturated carbocycles. The van der Waals surface area contributed by atoms with Crippen molar-refractivity contribution in [3.05, 3.63) is 63.1 Å². The van der Waals surface area contributed by atoms with Crippen molar-refractivity contribution in [3.63, 3.8) is 0 Å². The van der Waals surface area contributed by atoms with E-state index >= 15 is 0 Å². The van der Waals surface area contributed by atoms with Crippen LogP contribution in [-0.4, -0.2) is 0 Å². The van der Waals surface area contributed by atoms with Gasteiger partial charge in [0.15, 0.2) is 0 Å². The van der Waals surface area contributed by atoms with Crippen LogP contribution in [0.4, 0.5) is 5.69 Å². The highest BCUT2D eigenvalue weighted by atomic mass is 35.5. The van der Waals surface area contributed by atoms with Crippen molar-refractivity contribution in [2.75, 3.05) is 5.32 Å². The number of rotatable bonds is 3. The molecular formula is C15H15Cl2N. The van der Waals surface area contributed by atoms with Crippen LogP contribution in [0, 0.1) is 13.8 Å². The molecule has 0 unspecified atom stereocenters. The molecule has 0 amide bonds. The van der Waals surface area contributed by atoms with Crippen LogP contribution in [0.3, 0.4) is 0 Å². The second kappa shape index (κ2) is 5.64. The molecule has 0 saturated heterocycles. The molecule has 0 aliphatic carbocycles. The first-order valence-corrected chi connectivity index (χ1v) is 6.57. The maximum absolute atomic E-state index is 6.14. The molecule has 1 N–H and O–H groups in total. The Morgan fingerprint density at radius 3 is 2.50 bits per heavy atom. The lowest BCUT2D eigenvalue weighted by molar-refractivity contribution is 1.14. The fourth-order valence-electron chi connectivity index (χ4n) is 1.73. The Bertz CT molecular complexity index is 564. The summed E-state index contributed by atoms with van der Waals surface area (Å²) in [4.78, 5) is 0. The summed E-state index contributed by atoms with van der Waals surface area (Å²) >= 11 is 12.1. The molecule has 0 bridgehead atoms. The van der Waals surface area contributed by atoms with Crippen molar-refractivity contribution in [3.8, 4) is 0 Å². The van der Waals surface area contributed by atoms with Gasteiger partial charge in [-0.25, -0.2) is 0 Å². The monoisotopic (exact) mass is 279 g/mol. The van der Waals surface area contributed by atoms with Gasteiger partial charge in [-0.2, -0.15) is 0 Å². The minimum atomic E-state index is 0.594. The molecule has 0 heterocycles. The van der Waals surface area contributed by atoms with Gasteiger partial charge in [-0.1, -0.05) is 41.4 Å². The van der Waals surface area contributed by atoms with Gasteiger partial charge in [-0.15, -0.1) is 0 Å². The highest BCUT2D eigenvalue weighted by Crippen LogP contribution is 2.26. The first-order valence-electron chi connectivity index (χ1n) is 5.82. The number of benzene rings is 2. The second-order valence-corrected chi connectivity index (χ2v) is 5.15. The molecule has 0 radical (unpaired) electrons. The van der Waals surface area contributed by atoms with E-state index in [1.54, 1.807) is 6.07 Å². The fourth-order valence-corrected chi connectivity index (χ4v) is 2.12. The summed E-state index contributed by atoms with van der Waals surface area (Å²) in [5.74, 6) is 0. The fraction of sp³-hybridized carbons (Fsp3) is 0.200. The minimum Gasteiger partial charge on any atom is -0.381 e. The zero-order chi connectivity index (χ0) is 13.1. The van der Waals surface area contributed by atoms with Crippen molar-refractivity contribution in [1.29, 1.82) is 0 Å². The number of hydrogen-bond acceptors (Lipinski definition) is 1. The lowest BCUT2D eigenvalue weighted by Gasteiger charge is -2.10. The van der Waals surface area contributed by atoms with E-state index in [4.69, 9.17) is 23.2 Å².